The zero-order valence-corrected chi connectivity index (χ0v) is 12.5. The molecule has 0 spiro atoms. The van der Waals surface area contributed by atoms with Crippen molar-refractivity contribution in [1.82, 2.24) is 10.0 Å². The molecule has 0 unspecified atom stereocenters. The molecule has 0 aliphatic rings. The molecule has 0 atom stereocenters. The Bertz CT molecular complexity index is 542. The van der Waals surface area contributed by atoms with Crippen molar-refractivity contribution in [2.75, 3.05) is 6.54 Å². The first-order valence-corrected chi connectivity index (χ1v) is 7.46. The average molecular weight is 284 g/mol. The quantitative estimate of drug-likeness (QED) is 0.872. The monoisotopic (exact) mass is 284 g/mol. The molecular formula is C13H20N2O3S. The Morgan fingerprint density at radius 2 is 1.68 bits per heavy atom. The maximum Gasteiger partial charge on any atom is 0.241 e. The normalized spacial score (nSPS) is 12.2. The molecule has 1 aromatic carbocycles. The zero-order chi connectivity index (χ0) is 14.7. The largest absolute Gasteiger partial charge is 0.350 e. The highest BCUT2D eigenvalue weighted by atomic mass is 32.2. The Hall–Kier alpha value is -1.40. The maximum atomic E-state index is 11.9. The minimum absolute atomic E-state index is 0.154. The summed E-state index contributed by atoms with van der Waals surface area (Å²) in [6, 6.07) is 6.45. The topological polar surface area (TPSA) is 75.3 Å². The SMILES string of the molecule is Cc1ccc(S(=O)(=O)NCC(=O)NC(C)(C)C)cc1. The summed E-state index contributed by atoms with van der Waals surface area (Å²) in [5, 5.41) is 2.69. The third-order valence-electron chi connectivity index (χ3n) is 2.27. The van der Waals surface area contributed by atoms with E-state index in [-0.39, 0.29) is 22.9 Å². The standard InChI is InChI=1S/C13H20N2O3S/c1-10-5-7-11(8-6-10)19(17,18)14-9-12(16)15-13(2,3)4/h5-8,14H,9H2,1-4H3,(H,15,16). The lowest BCUT2D eigenvalue weighted by Crippen LogP contribution is -2.45. The van der Waals surface area contributed by atoms with Gasteiger partial charge in [-0.15, -0.1) is 0 Å². The molecule has 0 saturated carbocycles. The van der Waals surface area contributed by atoms with Gasteiger partial charge in [-0.25, -0.2) is 13.1 Å². The first-order chi connectivity index (χ1) is 8.60. The minimum Gasteiger partial charge on any atom is -0.350 e. The van der Waals surface area contributed by atoms with E-state index in [4.69, 9.17) is 0 Å². The molecule has 2 N–H and O–H groups in total. The predicted molar refractivity (Wildman–Crippen MR) is 74.3 cm³/mol. The van der Waals surface area contributed by atoms with E-state index in [1.165, 1.54) is 12.1 Å². The van der Waals surface area contributed by atoms with Crippen LogP contribution in [-0.2, 0) is 14.8 Å². The van der Waals surface area contributed by atoms with Gasteiger partial charge in [-0.3, -0.25) is 4.79 Å². The summed E-state index contributed by atoms with van der Waals surface area (Å²) in [5.41, 5.74) is 0.594. The zero-order valence-electron chi connectivity index (χ0n) is 11.6. The van der Waals surface area contributed by atoms with Crippen LogP contribution in [-0.4, -0.2) is 26.4 Å². The number of aryl methyl sites for hydroxylation is 1. The van der Waals surface area contributed by atoms with Gasteiger partial charge in [-0.1, -0.05) is 17.7 Å². The van der Waals surface area contributed by atoms with Crippen LogP contribution in [0.3, 0.4) is 0 Å². The second kappa shape index (κ2) is 5.71. The van der Waals surface area contributed by atoms with Crippen LogP contribution < -0.4 is 10.0 Å². The molecule has 6 heteroatoms. The molecule has 0 heterocycles. The number of hydrogen-bond donors (Lipinski definition) is 2. The number of nitrogens with one attached hydrogen (secondary N) is 2. The summed E-state index contributed by atoms with van der Waals surface area (Å²) in [4.78, 5) is 11.7. The van der Waals surface area contributed by atoms with Crippen molar-refractivity contribution in [2.45, 2.75) is 38.1 Å². The van der Waals surface area contributed by atoms with Crippen LogP contribution in [0, 0.1) is 6.92 Å². The van der Waals surface area contributed by atoms with E-state index in [9.17, 15) is 13.2 Å². The average Bonchev–Trinajstić information content (AvgIpc) is 2.25. The number of rotatable bonds is 4. The molecule has 5 nitrogen and oxygen atoms in total. The second-order valence-electron chi connectivity index (χ2n) is 5.44. The van der Waals surface area contributed by atoms with Crippen molar-refractivity contribution in [3.63, 3.8) is 0 Å². The summed E-state index contributed by atoms with van der Waals surface area (Å²) >= 11 is 0. The van der Waals surface area contributed by atoms with E-state index < -0.39 is 10.0 Å². The summed E-state index contributed by atoms with van der Waals surface area (Å²) in [6.07, 6.45) is 0. The number of benzene rings is 1. The Balaban J connectivity index is 2.66. The molecule has 0 aliphatic heterocycles. The maximum absolute atomic E-state index is 11.9. The van der Waals surface area contributed by atoms with Gasteiger partial charge in [0.05, 0.1) is 11.4 Å². The number of amides is 1. The lowest BCUT2D eigenvalue weighted by atomic mass is 10.1. The summed E-state index contributed by atoms with van der Waals surface area (Å²) in [5.74, 6) is -0.358. The van der Waals surface area contributed by atoms with E-state index in [1.807, 2.05) is 27.7 Å². The van der Waals surface area contributed by atoms with Crippen LogP contribution in [0.1, 0.15) is 26.3 Å². The molecule has 0 aromatic heterocycles. The Morgan fingerprint density at radius 3 is 2.16 bits per heavy atom. The molecule has 1 amide bonds. The van der Waals surface area contributed by atoms with Crippen LogP contribution in [0.25, 0.3) is 0 Å². The van der Waals surface area contributed by atoms with E-state index in [0.29, 0.717) is 0 Å². The van der Waals surface area contributed by atoms with Crippen LogP contribution in [0.4, 0.5) is 0 Å². The van der Waals surface area contributed by atoms with E-state index in [0.717, 1.165) is 5.56 Å². The van der Waals surface area contributed by atoms with Gasteiger partial charge in [0.25, 0.3) is 0 Å². The molecule has 0 bridgehead atoms. The lowest BCUT2D eigenvalue weighted by Gasteiger charge is -2.20. The number of hydrogen-bond acceptors (Lipinski definition) is 3. The summed E-state index contributed by atoms with van der Waals surface area (Å²) in [7, 11) is -3.64. The lowest BCUT2D eigenvalue weighted by molar-refractivity contribution is -0.121. The van der Waals surface area contributed by atoms with Crippen LogP contribution in [0.5, 0.6) is 0 Å². The van der Waals surface area contributed by atoms with Crippen molar-refractivity contribution in [3.05, 3.63) is 29.8 Å². The molecule has 0 radical (unpaired) electrons. The molecule has 1 rings (SSSR count). The van der Waals surface area contributed by atoms with Gasteiger partial charge in [-0.05, 0) is 39.8 Å². The van der Waals surface area contributed by atoms with Gasteiger partial charge in [0.2, 0.25) is 15.9 Å². The summed E-state index contributed by atoms with van der Waals surface area (Å²) in [6.45, 7) is 7.10. The van der Waals surface area contributed by atoms with Crippen molar-refractivity contribution in [2.24, 2.45) is 0 Å². The van der Waals surface area contributed by atoms with Crippen molar-refractivity contribution in [3.8, 4) is 0 Å². The highest BCUT2D eigenvalue weighted by Gasteiger charge is 2.18. The molecule has 1 aromatic rings. The van der Waals surface area contributed by atoms with Crippen molar-refractivity contribution in [1.29, 1.82) is 0 Å². The van der Waals surface area contributed by atoms with Gasteiger partial charge in [0.1, 0.15) is 0 Å². The fraction of sp³-hybridized carbons (Fsp3) is 0.462. The highest BCUT2D eigenvalue weighted by molar-refractivity contribution is 7.89. The van der Waals surface area contributed by atoms with E-state index in [2.05, 4.69) is 10.0 Å². The molecule has 106 valence electrons. The Kier molecular flexibility index (Phi) is 4.70. The van der Waals surface area contributed by atoms with Gasteiger partial charge >= 0.3 is 0 Å². The molecule has 0 saturated heterocycles. The van der Waals surface area contributed by atoms with Crippen LogP contribution >= 0.6 is 0 Å². The third-order valence-corrected chi connectivity index (χ3v) is 3.69. The first-order valence-electron chi connectivity index (χ1n) is 5.97. The number of sulfonamides is 1. The van der Waals surface area contributed by atoms with Crippen molar-refractivity contribution >= 4 is 15.9 Å². The van der Waals surface area contributed by atoms with Crippen LogP contribution in [0.15, 0.2) is 29.2 Å². The highest BCUT2D eigenvalue weighted by Crippen LogP contribution is 2.09. The fourth-order valence-electron chi connectivity index (χ4n) is 1.42. The van der Waals surface area contributed by atoms with E-state index in [1.54, 1.807) is 12.1 Å². The molecular weight excluding hydrogens is 264 g/mol. The van der Waals surface area contributed by atoms with Gasteiger partial charge < -0.3 is 5.32 Å². The minimum atomic E-state index is -3.64. The van der Waals surface area contributed by atoms with Gasteiger partial charge in [-0.2, -0.15) is 0 Å². The van der Waals surface area contributed by atoms with Gasteiger partial charge in [0.15, 0.2) is 0 Å². The van der Waals surface area contributed by atoms with E-state index >= 15 is 0 Å². The summed E-state index contributed by atoms with van der Waals surface area (Å²) < 4.78 is 26.1. The smallest absolute Gasteiger partial charge is 0.241 e. The molecule has 19 heavy (non-hydrogen) atoms. The number of carbonyl (C=O) groups is 1. The number of carbonyl (C=O) groups excluding carboxylic acids is 1. The van der Waals surface area contributed by atoms with Gasteiger partial charge in [0, 0.05) is 5.54 Å². The Labute approximate surface area is 114 Å². The second-order valence-corrected chi connectivity index (χ2v) is 7.20. The van der Waals surface area contributed by atoms with Crippen LogP contribution in [0.2, 0.25) is 0 Å². The Morgan fingerprint density at radius 1 is 1.16 bits per heavy atom. The molecule has 0 aliphatic carbocycles. The first kappa shape index (κ1) is 15.7. The third kappa shape index (κ3) is 5.40. The predicted octanol–water partition coefficient (Wildman–Crippen LogP) is 1.19. The molecule has 0 fully saturated rings. The van der Waals surface area contributed by atoms with Crippen molar-refractivity contribution < 1.29 is 13.2 Å². The fourth-order valence-corrected chi connectivity index (χ4v) is 2.41.